The van der Waals surface area contributed by atoms with Gasteiger partial charge in [0.25, 0.3) is 0 Å². The maximum atomic E-state index is 5.49. The third kappa shape index (κ3) is 5.56. The fourth-order valence-corrected chi connectivity index (χ4v) is 9.57. The van der Waals surface area contributed by atoms with Gasteiger partial charge in [-0.15, -0.1) is 24.3 Å². The number of hydrogen-bond donors (Lipinski definition) is 0. The summed E-state index contributed by atoms with van der Waals surface area (Å²) in [6.45, 7) is 9.36. The maximum Gasteiger partial charge on any atom is 0.0865 e. The van der Waals surface area contributed by atoms with Crippen LogP contribution in [0.2, 0.25) is 12.1 Å². The second kappa shape index (κ2) is 13.2. The van der Waals surface area contributed by atoms with E-state index in [9.17, 15) is 0 Å². The first-order valence-corrected chi connectivity index (χ1v) is 16.5. The standard InChI is InChI=1S/C35H40N2Si.Ni/c1-5-20-35(21-6-2)28-15-12-17-32(38(23-7-3)24-8-4)33(28)34-29(35)18-19-31(37-34)27-14-11-13-26(25-27)30-16-9-10-22-36-30;/h9-19,22H,5-8,20-21,23-24H2,1-4H3;/q-1;. The van der Waals surface area contributed by atoms with Crippen LogP contribution in [0.3, 0.4) is 0 Å². The van der Waals surface area contributed by atoms with Crippen molar-refractivity contribution in [2.75, 3.05) is 0 Å². The molecule has 205 valence electrons. The molecular formula is C35H40N2NiSi-. The van der Waals surface area contributed by atoms with E-state index in [0.29, 0.717) is 0 Å². The van der Waals surface area contributed by atoms with Crippen LogP contribution in [-0.2, 0) is 21.9 Å². The number of fused-ring (bicyclic) bond motifs is 3. The van der Waals surface area contributed by atoms with Gasteiger partial charge in [0.2, 0.25) is 0 Å². The molecule has 0 amide bonds. The van der Waals surface area contributed by atoms with E-state index in [2.05, 4.69) is 87.3 Å². The fourth-order valence-electron chi connectivity index (χ4n) is 6.64. The zero-order valence-corrected chi connectivity index (χ0v) is 25.8. The SMILES string of the molecule is CCC[Si](CCC)c1cccc2c1-c1nc(-c3[c-]c(-c4ccccn4)ccc3)ccc1C2(CCC)CCC.[Ni]. The van der Waals surface area contributed by atoms with E-state index in [4.69, 9.17) is 4.98 Å². The summed E-state index contributed by atoms with van der Waals surface area (Å²) in [5.41, 5.74) is 9.76. The molecule has 0 fully saturated rings. The van der Waals surface area contributed by atoms with Gasteiger partial charge in [0, 0.05) is 45.1 Å². The average molecular weight is 575 g/mol. The Morgan fingerprint density at radius 2 is 1.38 bits per heavy atom. The van der Waals surface area contributed by atoms with Crippen LogP contribution in [0.5, 0.6) is 0 Å². The van der Waals surface area contributed by atoms with Gasteiger partial charge in [0.15, 0.2) is 0 Å². The molecule has 0 N–H and O–H groups in total. The summed E-state index contributed by atoms with van der Waals surface area (Å²) in [7, 11) is -0.644. The average Bonchev–Trinajstić information content (AvgIpc) is 3.23. The zero-order chi connectivity index (χ0) is 26.5. The van der Waals surface area contributed by atoms with Gasteiger partial charge < -0.3 is 0 Å². The molecule has 1 aliphatic rings. The Morgan fingerprint density at radius 1 is 0.692 bits per heavy atom. The molecule has 39 heavy (non-hydrogen) atoms. The zero-order valence-electron chi connectivity index (χ0n) is 23.8. The van der Waals surface area contributed by atoms with Crippen LogP contribution in [0.15, 0.2) is 72.9 Å². The molecule has 2 heterocycles. The molecule has 5 rings (SSSR count). The van der Waals surface area contributed by atoms with Crippen molar-refractivity contribution in [1.82, 2.24) is 9.97 Å². The molecule has 0 saturated heterocycles. The molecule has 0 saturated carbocycles. The van der Waals surface area contributed by atoms with Gasteiger partial charge in [0.05, 0.1) is 14.5 Å². The van der Waals surface area contributed by atoms with Gasteiger partial charge >= 0.3 is 0 Å². The molecular weight excluding hydrogens is 535 g/mol. The van der Waals surface area contributed by atoms with Crippen molar-refractivity contribution < 1.29 is 16.5 Å². The largest absolute Gasteiger partial charge is 0.295 e. The molecule has 0 aliphatic heterocycles. The van der Waals surface area contributed by atoms with Gasteiger partial charge in [0.1, 0.15) is 0 Å². The maximum absolute atomic E-state index is 5.49. The monoisotopic (exact) mass is 574 g/mol. The van der Waals surface area contributed by atoms with Crippen molar-refractivity contribution in [3.05, 3.63) is 90.1 Å². The van der Waals surface area contributed by atoms with Gasteiger partial charge in [-0.05, 0) is 30.0 Å². The van der Waals surface area contributed by atoms with Gasteiger partial charge in [-0.25, -0.2) is 0 Å². The van der Waals surface area contributed by atoms with Gasteiger partial charge in [-0.1, -0.05) is 124 Å². The minimum absolute atomic E-state index is 0. The van der Waals surface area contributed by atoms with Crippen molar-refractivity contribution in [1.29, 1.82) is 0 Å². The van der Waals surface area contributed by atoms with Crippen LogP contribution in [0, 0.1) is 6.07 Å². The Labute approximate surface area is 247 Å². The topological polar surface area (TPSA) is 25.8 Å². The minimum Gasteiger partial charge on any atom is -0.295 e. The summed E-state index contributed by atoms with van der Waals surface area (Å²) in [5, 5.41) is 1.61. The quantitative estimate of drug-likeness (QED) is 0.132. The van der Waals surface area contributed by atoms with Crippen LogP contribution in [-0.4, -0.2) is 18.8 Å². The molecule has 0 unspecified atom stereocenters. The first-order chi connectivity index (χ1) is 18.7. The second-order valence-electron chi connectivity index (χ2n) is 10.7. The van der Waals surface area contributed by atoms with E-state index in [-0.39, 0.29) is 21.9 Å². The Hall–Kier alpha value is -2.55. The number of rotatable bonds is 11. The van der Waals surface area contributed by atoms with Gasteiger partial charge in [-0.3, -0.25) is 9.97 Å². The molecule has 4 heteroatoms. The van der Waals surface area contributed by atoms with Gasteiger partial charge in [-0.2, -0.15) is 0 Å². The third-order valence-corrected chi connectivity index (χ3v) is 11.5. The molecule has 0 atom stereocenters. The first-order valence-electron chi connectivity index (χ1n) is 14.6. The number of hydrogen-bond acceptors (Lipinski definition) is 2. The minimum atomic E-state index is -0.644. The summed E-state index contributed by atoms with van der Waals surface area (Å²) in [6, 6.07) is 30.5. The molecule has 4 aromatic rings. The number of aromatic nitrogens is 2. The first kappa shape index (κ1) is 29.4. The normalized spacial score (nSPS) is 13.2. The summed E-state index contributed by atoms with van der Waals surface area (Å²) in [4.78, 5) is 10.0. The molecule has 0 spiro atoms. The summed E-state index contributed by atoms with van der Waals surface area (Å²) in [5.74, 6) is 0. The smallest absolute Gasteiger partial charge is 0.0865 e. The van der Waals surface area contributed by atoms with E-state index in [1.807, 2.05) is 24.4 Å². The van der Waals surface area contributed by atoms with Crippen molar-refractivity contribution in [3.63, 3.8) is 0 Å². The Morgan fingerprint density at radius 3 is 2.03 bits per heavy atom. The predicted octanol–water partition coefficient (Wildman–Crippen LogP) is 9.00. The van der Waals surface area contributed by atoms with E-state index in [0.717, 1.165) is 22.5 Å². The number of pyridine rings is 2. The molecule has 2 aromatic heterocycles. The molecule has 2 nitrogen and oxygen atoms in total. The third-order valence-electron chi connectivity index (χ3n) is 8.08. The van der Waals surface area contributed by atoms with Crippen molar-refractivity contribution in [3.8, 4) is 33.8 Å². The Kier molecular flexibility index (Phi) is 9.96. The van der Waals surface area contributed by atoms with Crippen LogP contribution >= 0.6 is 0 Å². The van der Waals surface area contributed by atoms with Crippen LogP contribution in [0.1, 0.15) is 77.3 Å². The molecule has 2 aromatic carbocycles. The Bertz CT molecular complexity index is 1370. The van der Waals surface area contributed by atoms with E-state index >= 15 is 0 Å². The van der Waals surface area contributed by atoms with Crippen molar-refractivity contribution >= 4 is 14.0 Å². The Balaban J connectivity index is 0.00000353. The summed E-state index contributed by atoms with van der Waals surface area (Å²) in [6.07, 6.45) is 9.05. The van der Waals surface area contributed by atoms with Crippen LogP contribution in [0.25, 0.3) is 33.8 Å². The number of benzene rings is 2. The predicted molar refractivity (Wildman–Crippen MR) is 163 cm³/mol. The molecule has 1 aliphatic carbocycles. The van der Waals surface area contributed by atoms with Crippen molar-refractivity contribution in [2.24, 2.45) is 0 Å². The number of nitrogens with zero attached hydrogens (tertiary/aromatic N) is 2. The van der Waals surface area contributed by atoms with Crippen LogP contribution in [0.4, 0.5) is 0 Å². The summed E-state index contributed by atoms with van der Waals surface area (Å²) >= 11 is 0. The molecule has 0 bridgehead atoms. The molecule has 1 radical (unpaired) electrons. The fraction of sp³-hybridized carbons (Fsp3) is 0.371. The van der Waals surface area contributed by atoms with E-state index < -0.39 is 8.80 Å². The summed E-state index contributed by atoms with van der Waals surface area (Å²) < 4.78 is 0. The van der Waals surface area contributed by atoms with Crippen molar-refractivity contribution in [2.45, 2.75) is 83.7 Å². The van der Waals surface area contributed by atoms with E-state index in [1.54, 1.807) is 10.8 Å². The van der Waals surface area contributed by atoms with Crippen LogP contribution < -0.4 is 5.19 Å². The second-order valence-corrected chi connectivity index (χ2v) is 13.4. The van der Waals surface area contributed by atoms with E-state index in [1.165, 1.54) is 67.4 Å².